The molecule has 3 nitrogen and oxygen atoms in total. The van der Waals surface area contributed by atoms with E-state index in [1.807, 2.05) is 6.92 Å². The highest BCUT2D eigenvalue weighted by Crippen LogP contribution is 2.29. The van der Waals surface area contributed by atoms with Crippen LogP contribution in [0.3, 0.4) is 0 Å². The van der Waals surface area contributed by atoms with Crippen LogP contribution in [0, 0.1) is 0 Å². The number of halogens is 2. The maximum atomic E-state index is 10.8. The summed E-state index contributed by atoms with van der Waals surface area (Å²) in [6, 6.07) is 5.06. The van der Waals surface area contributed by atoms with Gasteiger partial charge in [-0.15, -0.1) is 0 Å². The monoisotopic (exact) mass is 269 g/mol. The predicted molar refractivity (Wildman–Crippen MR) is 66.7 cm³/mol. The first-order valence-corrected chi connectivity index (χ1v) is 5.81. The molecule has 0 N–H and O–H groups in total. The molecule has 2 rings (SSSR count). The van der Waals surface area contributed by atoms with Crippen molar-refractivity contribution in [1.29, 1.82) is 0 Å². The minimum Gasteiger partial charge on any atom is -0.440 e. The van der Waals surface area contributed by atoms with Crippen LogP contribution in [0.25, 0.3) is 11.5 Å². The fraction of sp³-hybridized carbons (Fsp3) is 0.167. The van der Waals surface area contributed by atoms with E-state index in [9.17, 15) is 4.79 Å². The number of rotatable bonds is 3. The molecule has 0 aliphatic heterocycles. The number of aldehydes is 1. The average Bonchev–Trinajstić information content (AvgIpc) is 2.75. The molecule has 17 heavy (non-hydrogen) atoms. The number of nitrogens with zero attached hydrogens (tertiary/aromatic N) is 1. The van der Waals surface area contributed by atoms with Crippen molar-refractivity contribution in [3.63, 3.8) is 0 Å². The van der Waals surface area contributed by atoms with E-state index >= 15 is 0 Å². The maximum absolute atomic E-state index is 10.8. The smallest absolute Gasteiger partial charge is 0.227 e. The van der Waals surface area contributed by atoms with Gasteiger partial charge >= 0.3 is 0 Å². The number of carbonyl (C=O) groups is 1. The molecule has 0 bridgehead atoms. The number of hydrogen-bond acceptors (Lipinski definition) is 3. The van der Waals surface area contributed by atoms with Gasteiger partial charge in [-0.3, -0.25) is 4.79 Å². The largest absolute Gasteiger partial charge is 0.440 e. The second kappa shape index (κ2) is 4.90. The zero-order chi connectivity index (χ0) is 12.4. The summed E-state index contributed by atoms with van der Waals surface area (Å²) in [4.78, 5) is 14.9. The number of benzene rings is 1. The Morgan fingerprint density at radius 2 is 2.12 bits per heavy atom. The summed E-state index contributed by atoms with van der Waals surface area (Å²) in [5.74, 6) is 0.948. The van der Waals surface area contributed by atoms with Gasteiger partial charge < -0.3 is 4.42 Å². The van der Waals surface area contributed by atoms with Crippen LogP contribution >= 0.6 is 23.2 Å². The summed E-state index contributed by atoms with van der Waals surface area (Å²) < 4.78 is 5.49. The van der Waals surface area contributed by atoms with Gasteiger partial charge in [0.2, 0.25) is 5.89 Å². The topological polar surface area (TPSA) is 43.1 Å². The SMILES string of the molecule is CCc1oc(-c2ccc(Cl)c(Cl)c2)nc1C=O. The molecule has 0 fully saturated rings. The highest BCUT2D eigenvalue weighted by molar-refractivity contribution is 6.42. The van der Waals surface area contributed by atoms with Crippen LogP contribution < -0.4 is 0 Å². The van der Waals surface area contributed by atoms with Crippen molar-refractivity contribution in [3.8, 4) is 11.5 Å². The first-order chi connectivity index (χ1) is 8.15. The van der Waals surface area contributed by atoms with E-state index in [2.05, 4.69) is 4.98 Å². The summed E-state index contributed by atoms with van der Waals surface area (Å²) in [5.41, 5.74) is 1.02. The standard InChI is InChI=1S/C12H9Cl2NO2/c1-2-11-10(6-16)15-12(17-11)7-3-4-8(13)9(14)5-7/h3-6H,2H2,1H3. The molecule has 0 saturated carbocycles. The molecule has 1 aromatic heterocycles. The predicted octanol–water partition coefficient (Wildman–Crippen LogP) is 4.02. The molecule has 0 aliphatic rings. The second-order valence-electron chi connectivity index (χ2n) is 3.43. The van der Waals surface area contributed by atoms with Crippen molar-refractivity contribution < 1.29 is 9.21 Å². The van der Waals surface area contributed by atoms with Crippen LogP contribution in [0.2, 0.25) is 10.0 Å². The van der Waals surface area contributed by atoms with Crippen molar-refractivity contribution in [2.75, 3.05) is 0 Å². The zero-order valence-corrected chi connectivity index (χ0v) is 10.5. The molecule has 5 heteroatoms. The van der Waals surface area contributed by atoms with Crippen molar-refractivity contribution >= 4 is 29.5 Å². The minimum absolute atomic E-state index is 0.327. The number of hydrogen-bond donors (Lipinski definition) is 0. The van der Waals surface area contributed by atoms with E-state index in [1.54, 1.807) is 18.2 Å². The Morgan fingerprint density at radius 1 is 1.35 bits per heavy atom. The molecular formula is C12H9Cl2NO2. The fourth-order valence-electron chi connectivity index (χ4n) is 1.46. The summed E-state index contributed by atoms with van der Waals surface area (Å²) in [6.07, 6.45) is 1.30. The van der Waals surface area contributed by atoms with Gasteiger partial charge in [0, 0.05) is 12.0 Å². The highest BCUT2D eigenvalue weighted by Gasteiger charge is 2.13. The lowest BCUT2D eigenvalue weighted by Crippen LogP contribution is -1.85. The van der Waals surface area contributed by atoms with Crippen molar-refractivity contribution in [3.05, 3.63) is 39.7 Å². The van der Waals surface area contributed by atoms with E-state index in [0.29, 0.717) is 45.7 Å². The van der Waals surface area contributed by atoms with Crippen LogP contribution in [-0.2, 0) is 6.42 Å². The zero-order valence-electron chi connectivity index (χ0n) is 9.04. The third-order valence-corrected chi connectivity index (χ3v) is 3.07. The summed E-state index contributed by atoms with van der Waals surface area (Å²) in [6.45, 7) is 1.89. The van der Waals surface area contributed by atoms with Gasteiger partial charge in [0.25, 0.3) is 0 Å². The number of oxazole rings is 1. The number of carbonyl (C=O) groups excluding carboxylic acids is 1. The Balaban J connectivity index is 2.49. The molecule has 0 amide bonds. The Bertz CT molecular complexity index is 564. The second-order valence-corrected chi connectivity index (χ2v) is 4.24. The molecule has 1 heterocycles. The van der Waals surface area contributed by atoms with Crippen LogP contribution in [0.15, 0.2) is 22.6 Å². The van der Waals surface area contributed by atoms with Gasteiger partial charge in [0.15, 0.2) is 6.29 Å². The molecule has 0 saturated heterocycles. The van der Waals surface area contributed by atoms with E-state index in [0.717, 1.165) is 0 Å². The van der Waals surface area contributed by atoms with Gasteiger partial charge in [0.1, 0.15) is 11.5 Å². The first kappa shape index (κ1) is 12.1. The molecule has 0 atom stereocenters. The van der Waals surface area contributed by atoms with Crippen molar-refractivity contribution in [2.24, 2.45) is 0 Å². The molecule has 0 radical (unpaired) electrons. The maximum Gasteiger partial charge on any atom is 0.227 e. The van der Waals surface area contributed by atoms with Gasteiger partial charge in [-0.05, 0) is 18.2 Å². The van der Waals surface area contributed by atoms with E-state index in [4.69, 9.17) is 27.6 Å². The van der Waals surface area contributed by atoms with Gasteiger partial charge in [-0.2, -0.15) is 0 Å². The minimum atomic E-state index is 0.327. The van der Waals surface area contributed by atoms with Crippen LogP contribution in [0.4, 0.5) is 0 Å². The third kappa shape index (κ3) is 2.35. The lowest BCUT2D eigenvalue weighted by atomic mass is 10.2. The quantitative estimate of drug-likeness (QED) is 0.791. The van der Waals surface area contributed by atoms with Crippen LogP contribution in [0.5, 0.6) is 0 Å². The molecule has 1 aromatic carbocycles. The Hall–Kier alpha value is -1.32. The number of aromatic nitrogens is 1. The summed E-state index contributed by atoms with van der Waals surface area (Å²) in [7, 11) is 0. The van der Waals surface area contributed by atoms with Gasteiger partial charge in [-0.1, -0.05) is 30.1 Å². The Morgan fingerprint density at radius 3 is 2.65 bits per heavy atom. The Kier molecular flexibility index (Phi) is 3.50. The average molecular weight is 270 g/mol. The Labute approximate surface area is 108 Å². The molecule has 2 aromatic rings. The molecule has 0 unspecified atom stereocenters. The molecule has 0 spiro atoms. The van der Waals surface area contributed by atoms with Crippen LogP contribution in [0.1, 0.15) is 23.2 Å². The number of aryl methyl sites for hydroxylation is 1. The molecule has 88 valence electrons. The van der Waals surface area contributed by atoms with Gasteiger partial charge in [0.05, 0.1) is 10.0 Å². The van der Waals surface area contributed by atoms with Gasteiger partial charge in [-0.25, -0.2) is 4.98 Å². The molecule has 0 aliphatic carbocycles. The normalized spacial score (nSPS) is 10.5. The fourth-order valence-corrected chi connectivity index (χ4v) is 1.76. The van der Waals surface area contributed by atoms with Crippen molar-refractivity contribution in [2.45, 2.75) is 13.3 Å². The first-order valence-electron chi connectivity index (χ1n) is 5.06. The molecular weight excluding hydrogens is 261 g/mol. The van der Waals surface area contributed by atoms with Crippen LogP contribution in [-0.4, -0.2) is 11.3 Å². The van der Waals surface area contributed by atoms with E-state index in [1.165, 1.54) is 0 Å². The van der Waals surface area contributed by atoms with E-state index in [-0.39, 0.29) is 0 Å². The van der Waals surface area contributed by atoms with E-state index < -0.39 is 0 Å². The van der Waals surface area contributed by atoms with Crippen molar-refractivity contribution in [1.82, 2.24) is 4.98 Å². The lowest BCUT2D eigenvalue weighted by molar-refractivity contribution is 0.111. The third-order valence-electron chi connectivity index (χ3n) is 2.33. The highest BCUT2D eigenvalue weighted by atomic mass is 35.5. The summed E-state index contributed by atoms with van der Waals surface area (Å²) in [5, 5.41) is 0.890. The summed E-state index contributed by atoms with van der Waals surface area (Å²) >= 11 is 11.7. The lowest BCUT2D eigenvalue weighted by Gasteiger charge is -1.98.